The highest BCUT2D eigenvalue weighted by Crippen LogP contribution is 2.43. The van der Waals surface area contributed by atoms with Gasteiger partial charge < -0.3 is 14.3 Å². The molecule has 0 saturated carbocycles. The Bertz CT molecular complexity index is 667. The van der Waals surface area contributed by atoms with Crippen LogP contribution in [0.2, 0.25) is 18.1 Å². The molecule has 2 rings (SSSR count). The highest BCUT2D eigenvalue weighted by atomic mass is 28.4. The fraction of sp³-hybridized carbons (Fsp3) is 0.750. The molecule has 0 aliphatic heterocycles. The molecule has 29 heavy (non-hydrogen) atoms. The van der Waals surface area contributed by atoms with Gasteiger partial charge in [-0.2, -0.15) is 0 Å². The predicted octanol–water partition coefficient (Wildman–Crippen LogP) is 5.77. The second kappa shape index (κ2) is 9.84. The van der Waals surface area contributed by atoms with Crippen molar-refractivity contribution in [1.82, 2.24) is 4.90 Å². The minimum absolute atomic E-state index is 0.110. The molecule has 1 atom stereocenters. The summed E-state index contributed by atoms with van der Waals surface area (Å²) in [5.74, 6) is 1.04. The van der Waals surface area contributed by atoms with E-state index in [4.69, 9.17) is 9.16 Å². The second-order valence-electron chi connectivity index (χ2n) is 10.3. The van der Waals surface area contributed by atoms with Crippen molar-refractivity contribution >= 4 is 8.32 Å². The van der Waals surface area contributed by atoms with Gasteiger partial charge in [0.15, 0.2) is 5.75 Å². The van der Waals surface area contributed by atoms with Crippen molar-refractivity contribution in [2.24, 2.45) is 0 Å². The monoisotopic (exact) mass is 421 g/mol. The van der Waals surface area contributed by atoms with E-state index in [9.17, 15) is 5.11 Å². The largest absolute Gasteiger partial charge is 0.541 e. The molecule has 1 N–H and O–H groups in total. The summed E-state index contributed by atoms with van der Waals surface area (Å²) < 4.78 is 12.2. The highest BCUT2D eigenvalue weighted by molar-refractivity contribution is 6.74. The number of benzene rings is 1. The van der Waals surface area contributed by atoms with Gasteiger partial charge in [-0.25, -0.2) is 0 Å². The van der Waals surface area contributed by atoms with Crippen LogP contribution in [0.5, 0.6) is 11.5 Å². The number of nitrogens with zero attached hydrogens (tertiary/aromatic N) is 1. The predicted molar refractivity (Wildman–Crippen MR) is 125 cm³/mol. The molecule has 0 unspecified atom stereocenters. The highest BCUT2D eigenvalue weighted by Gasteiger charge is 2.40. The van der Waals surface area contributed by atoms with Crippen LogP contribution >= 0.6 is 0 Å². The van der Waals surface area contributed by atoms with Crippen LogP contribution in [0.3, 0.4) is 0 Å². The van der Waals surface area contributed by atoms with Crippen molar-refractivity contribution in [2.45, 2.75) is 97.5 Å². The van der Waals surface area contributed by atoms with Crippen molar-refractivity contribution in [3.05, 3.63) is 23.3 Å². The van der Waals surface area contributed by atoms with Gasteiger partial charge in [0, 0.05) is 18.2 Å². The summed E-state index contributed by atoms with van der Waals surface area (Å²) in [6.45, 7) is 20.4. The maximum absolute atomic E-state index is 11.0. The smallest absolute Gasteiger partial charge is 0.250 e. The van der Waals surface area contributed by atoms with E-state index in [2.05, 4.69) is 65.6 Å². The van der Waals surface area contributed by atoms with Gasteiger partial charge in [-0.05, 0) is 75.8 Å². The quantitative estimate of drug-likeness (QED) is 0.514. The van der Waals surface area contributed by atoms with E-state index in [0.29, 0.717) is 17.5 Å². The summed E-state index contributed by atoms with van der Waals surface area (Å²) in [6.07, 6.45) is 4.40. The summed E-state index contributed by atoms with van der Waals surface area (Å²) in [4.78, 5) is 2.57. The molecule has 1 aliphatic rings. The Hall–Kier alpha value is -1.04. The Morgan fingerprint density at radius 3 is 2.48 bits per heavy atom. The molecule has 0 fully saturated rings. The van der Waals surface area contributed by atoms with Gasteiger partial charge in [0.1, 0.15) is 5.75 Å². The fourth-order valence-electron chi connectivity index (χ4n) is 3.79. The zero-order valence-corrected chi connectivity index (χ0v) is 21.0. The van der Waals surface area contributed by atoms with Crippen molar-refractivity contribution in [3.63, 3.8) is 0 Å². The van der Waals surface area contributed by atoms with E-state index < -0.39 is 8.32 Å². The van der Waals surface area contributed by atoms with Crippen molar-refractivity contribution in [1.29, 1.82) is 0 Å². The minimum atomic E-state index is -1.97. The maximum Gasteiger partial charge on any atom is 0.250 e. The average Bonchev–Trinajstić information content (AvgIpc) is 2.62. The SMILES string of the molecule is CCCN(CCOC(C)C)[C@H]1CCc2c(ccc(O[Si](C)(C)C(C)(C)C)c2O)C1. The lowest BCUT2D eigenvalue weighted by molar-refractivity contribution is 0.0465. The fourth-order valence-corrected chi connectivity index (χ4v) is 4.81. The molecule has 0 heterocycles. The summed E-state index contributed by atoms with van der Waals surface area (Å²) >= 11 is 0. The first kappa shape index (κ1) is 24.2. The maximum atomic E-state index is 11.0. The van der Waals surface area contributed by atoms with Gasteiger partial charge in [0.2, 0.25) is 0 Å². The van der Waals surface area contributed by atoms with E-state index in [1.165, 1.54) is 5.56 Å². The normalized spacial score (nSPS) is 17.7. The topological polar surface area (TPSA) is 41.9 Å². The van der Waals surface area contributed by atoms with Gasteiger partial charge in [-0.1, -0.05) is 33.8 Å². The second-order valence-corrected chi connectivity index (χ2v) is 15.0. The Morgan fingerprint density at radius 2 is 1.90 bits per heavy atom. The molecule has 0 aromatic heterocycles. The summed E-state index contributed by atoms with van der Waals surface area (Å²) in [5.41, 5.74) is 2.36. The first-order valence-electron chi connectivity index (χ1n) is 11.3. The number of rotatable bonds is 9. The third-order valence-corrected chi connectivity index (χ3v) is 10.9. The molecule has 0 radical (unpaired) electrons. The van der Waals surface area contributed by atoms with Gasteiger partial charge in [0.05, 0.1) is 12.7 Å². The first-order chi connectivity index (χ1) is 13.5. The van der Waals surface area contributed by atoms with Crippen LogP contribution in [-0.4, -0.2) is 50.2 Å². The van der Waals surface area contributed by atoms with Crippen LogP contribution in [0.1, 0.15) is 65.5 Å². The van der Waals surface area contributed by atoms with Crippen LogP contribution in [0.25, 0.3) is 0 Å². The van der Waals surface area contributed by atoms with E-state index in [1.54, 1.807) is 0 Å². The zero-order chi connectivity index (χ0) is 21.8. The molecule has 1 aromatic carbocycles. The molecule has 0 bridgehead atoms. The molecule has 0 amide bonds. The van der Waals surface area contributed by atoms with Crippen molar-refractivity contribution in [2.75, 3.05) is 19.7 Å². The van der Waals surface area contributed by atoms with Crippen molar-refractivity contribution < 1.29 is 14.3 Å². The van der Waals surface area contributed by atoms with Crippen LogP contribution in [0, 0.1) is 0 Å². The number of hydrogen-bond donors (Lipinski definition) is 1. The van der Waals surface area contributed by atoms with Crippen LogP contribution in [0.15, 0.2) is 12.1 Å². The summed E-state index contributed by atoms with van der Waals surface area (Å²) in [6, 6.07) is 4.69. The van der Waals surface area contributed by atoms with Crippen LogP contribution in [0.4, 0.5) is 0 Å². The van der Waals surface area contributed by atoms with E-state index in [0.717, 1.165) is 50.9 Å². The van der Waals surface area contributed by atoms with Gasteiger partial charge >= 0.3 is 0 Å². The average molecular weight is 422 g/mol. The van der Waals surface area contributed by atoms with E-state index in [-0.39, 0.29) is 11.1 Å². The Balaban J connectivity index is 2.13. The molecule has 0 saturated heterocycles. The summed E-state index contributed by atoms with van der Waals surface area (Å²) in [5, 5.41) is 11.1. The summed E-state index contributed by atoms with van der Waals surface area (Å²) in [7, 11) is -1.97. The zero-order valence-electron chi connectivity index (χ0n) is 20.0. The Morgan fingerprint density at radius 1 is 1.21 bits per heavy atom. The molecule has 5 heteroatoms. The van der Waals surface area contributed by atoms with E-state index in [1.807, 2.05) is 6.07 Å². The van der Waals surface area contributed by atoms with Gasteiger partial charge in [-0.15, -0.1) is 0 Å². The number of phenols is 1. The molecule has 1 aromatic rings. The number of hydrogen-bond acceptors (Lipinski definition) is 4. The number of fused-ring (bicyclic) bond motifs is 1. The first-order valence-corrected chi connectivity index (χ1v) is 14.3. The van der Waals surface area contributed by atoms with E-state index >= 15 is 0 Å². The lowest BCUT2D eigenvalue weighted by Gasteiger charge is -2.38. The van der Waals surface area contributed by atoms with Gasteiger partial charge in [-0.3, -0.25) is 4.90 Å². The van der Waals surface area contributed by atoms with Crippen LogP contribution in [-0.2, 0) is 17.6 Å². The van der Waals surface area contributed by atoms with Gasteiger partial charge in [0.25, 0.3) is 8.32 Å². The van der Waals surface area contributed by atoms with Crippen LogP contribution < -0.4 is 4.43 Å². The Kier molecular flexibility index (Phi) is 8.22. The molecule has 1 aliphatic carbocycles. The number of aromatic hydroxyl groups is 1. The molecule has 4 nitrogen and oxygen atoms in total. The van der Waals surface area contributed by atoms with Crippen molar-refractivity contribution in [3.8, 4) is 11.5 Å². The minimum Gasteiger partial charge on any atom is -0.541 e. The third-order valence-electron chi connectivity index (χ3n) is 6.55. The Labute approximate surface area is 179 Å². The molecular formula is C24H43NO3Si. The third kappa shape index (κ3) is 6.22. The number of ether oxygens (including phenoxy) is 1. The lowest BCUT2D eigenvalue weighted by atomic mass is 9.86. The molecule has 0 spiro atoms. The molecular weight excluding hydrogens is 378 g/mol. The standard InChI is InChI=1S/C24H43NO3Si/c1-9-14-25(15-16-27-18(2)3)20-11-12-21-19(17-20)10-13-22(23(21)26)28-29(7,8)24(4,5)6/h10,13,18,20,26H,9,11-12,14-17H2,1-8H3/t20-/m0/s1. The molecule has 166 valence electrons. The number of phenolic OH excluding ortho intramolecular Hbond substituents is 1. The lowest BCUT2D eigenvalue weighted by Crippen LogP contribution is -2.44.